The predicted molar refractivity (Wildman–Crippen MR) is 108 cm³/mol. The number of carbonyl (C=O) groups excluding carboxylic acids is 2. The summed E-state index contributed by atoms with van der Waals surface area (Å²) < 4.78 is 19.2. The van der Waals surface area contributed by atoms with Gasteiger partial charge in [0.1, 0.15) is 12.4 Å². The maximum atomic E-state index is 13.7. The van der Waals surface area contributed by atoms with Crippen molar-refractivity contribution in [1.82, 2.24) is 4.90 Å². The van der Waals surface area contributed by atoms with Gasteiger partial charge in [-0.1, -0.05) is 36.4 Å². The van der Waals surface area contributed by atoms with E-state index in [1.54, 1.807) is 6.07 Å². The maximum absolute atomic E-state index is 13.7. The molecule has 1 amide bonds. The highest BCUT2D eigenvalue weighted by Crippen LogP contribution is 2.39. The molecule has 152 valence electrons. The fraction of sp³-hybridized carbons (Fsp3) is 0.417. The fourth-order valence-electron chi connectivity index (χ4n) is 4.77. The lowest BCUT2D eigenvalue weighted by Gasteiger charge is -2.47. The number of carbonyl (C=O) groups is 2. The van der Waals surface area contributed by atoms with Crippen LogP contribution in [0, 0.1) is 18.7 Å². The first-order valence-electron chi connectivity index (χ1n) is 10.3. The summed E-state index contributed by atoms with van der Waals surface area (Å²) in [5, 5.41) is 0. The summed E-state index contributed by atoms with van der Waals surface area (Å²) in [4.78, 5) is 27.7. The summed E-state index contributed by atoms with van der Waals surface area (Å²) in [5.41, 5.74) is 2.22. The van der Waals surface area contributed by atoms with Gasteiger partial charge in [0.15, 0.2) is 5.78 Å². The molecule has 0 aliphatic carbocycles. The minimum Gasteiger partial charge on any atom is -0.445 e. The number of fused-ring (bicyclic) bond motifs is 2. The van der Waals surface area contributed by atoms with E-state index in [0.29, 0.717) is 18.4 Å². The molecule has 2 bridgehead atoms. The molecule has 2 fully saturated rings. The van der Waals surface area contributed by atoms with Gasteiger partial charge in [-0.2, -0.15) is 0 Å². The van der Waals surface area contributed by atoms with Crippen LogP contribution in [0.15, 0.2) is 48.5 Å². The quantitative estimate of drug-likeness (QED) is 0.661. The van der Waals surface area contributed by atoms with Crippen molar-refractivity contribution >= 4 is 11.9 Å². The van der Waals surface area contributed by atoms with Gasteiger partial charge in [0.25, 0.3) is 0 Å². The molecule has 2 saturated heterocycles. The molecule has 29 heavy (non-hydrogen) atoms. The number of nitrogens with zero attached hydrogens (tertiary/aromatic N) is 1. The molecule has 0 saturated carbocycles. The van der Waals surface area contributed by atoms with Crippen LogP contribution in [-0.4, -0.2) is 28.9 Å². The molecule has 2 aliphatic rings. The van der Waals surface area contributed by atoms with Crippen LogP contribution in [-0.2, 0) is 11.3 Å². The fourth-order valence-corrected chi connectivity index (χ4v) is 4.77. The van der Waals surface area contributed by atoms with Gasteiger partial charge in [-0.05, 0) is 62.3 Å². The van der Waals surface area contributed by atoms with Crippen LogP contribution in [0.25, 0.3) is 0 Å². The lowest BCUT2D eigenvalue weighted by atomic mass is 9.75. The summed E-state index contributed by atoms with van der Waals surface area (Å²) in [5.74, 6) is -0.568. The van der Waals surface area contributed by atoms with E-state index in [9.17, 15) is 14.0 Å². The van der Waals surface area contributed by atoms with E-state index in [1.165, 1.54) is 12.1 Å². The highest BCUT2D eigenvalue weighted by atomic mass is 19.1. The first kappa shape index (κ1) is 19.6. The standard InChI is InChI=1S/C24H26FNO3/c1-16-10-11-19(25)14-22(16)23(27)18-12-20-8-5-9-21(13-18)26(20)24(28)29-15-17-6-3-2-4-7-17/h2-4,6-7,10-11,14,18,20-21H,5,8-9,12-13,15H2,1H3. The molecule has 0 spiro atoms. The highest BCUT2D eigenvalue weighted by molar-refractivity contribution is 5.99. The van der Waals surface area contributed by atoms with E-state index in [-0.39, 0.29) is 42.3 Å². The van der Waals surface area contributed by atoms with Crippen molar-refractivity contribution in [3.05, 3.63) is 71.0 Å². The number of rotatable bonds is 4. The van der Waals surface area contributed by atoms with E-state index >= 15 is 0 Å². The Labute approximate surface area is 170 Å². The normalized spacial score (nSPS) is 23.5. The Bertz CT molecular complexity index is 884. The minimum absolute atomic E-state index is 0.00352. The molecule has 2 atom stereocenters. The van der Waals surface area contributed by atoms with Crippen molar-refractivity contribution in [3.63, 3.8) is 0 Å². The Morgan fingerprint density at radius 1 is 1.07 bits per heavy atom. The molecule has 5 heteroatoms. The van der Waals surface area contributed by atoms with Crippen LogP contribution in [0.1, 0.15) is 53.6 Å². The highest BCUT2D eigenvalue weighted by Gasteiger charge is 2.43. The second kappa shape index (κ2) is 8.36. The molecular weight excluding hydrogens is 369 g/mol. The number of piperidine rings is 2. The smallest absolute Gasteiger partial charge is 0.410 e. The Hall–Kier alpha value is -2.69. The number of ketones is 1. The molecule has 4 nitrogen and oxygen atoms in total. The second-order valence-electron chi connectivity index (χ2n) is 8.18. The molecule has 4 rings (SSSR count). The van der Waals surface area contributed by atoms with Gasteiger partial charge in [-0.3, -0.25) is 4.79 Å². The number of Topliss-reactive ketones (excluding diaryl/α,β-unsaturated/α-hetero) is 1. The van der Waals surface area contributed by atoms with E-state index in [1.807, 2.05) is 42.2 Å². The van der Waals surface area contributed by atoms with Crippen LogP contribution in [0.5, 0.6) is 0 Å². The Morgan fingerprint density at radius 2 is 1.76 bits per heavy atom. The molecule has 0 aromatic heterocycles. The summed E-state index contributed by atoms with van der Waals surface area (Å²) in [7, 11) is 0. The minimum atomic E-state index is -0.388. The predicted octanol–water partition coefficient (Wildman–Crippen LogP) is 5.29. The van der Waals surface area contributed by atoms with Gasteiger partial charge in [-0.25, -0.2) is 9.18 Å². The number of benzene rings is 2. The van der Waals surface area contributed by atoms with Gasteiger partial charge in [0.2, 0.25) is 0 Å². The van der Waals surface area contributed by atoms with Crippen LogP contribution in [0.4, 0.5) is 9.18 Å². The van der Waals surface area contributed by atoms with Crippen LogP contribution in [0.3, 0.4) is 0 Å². The Morgan fingerprint density at radius 3 is 2.45 bits per heavy atom. The van der Waals surface area contributed by atoms with Crippen LogP contribution in [0.2, 0.25) is 0 Å². The van der Waals surface area contributed by atoms with Crippen molar-refractivity contribution in [2.45, 2.75) is 57.7 Å². The van der Waals surface area contributed by atoms with Gasteiger partial charge >= 0.3 is 6.09 Å². The third-order valence-electron chi connectivity index (χ3n) is 6.23. The number of ether oxygens (including phenoxy) is 1. The monoisotopic (exact) mass is 395 g/mol. The van der Waals surface area contributed by atoms with Gasteiger partial charge in [0, 0.05) is 23.6 Å². The lowest BCUT2D eigenvalue weighted by Crippen LogP contribution is -2.55. The zero-order chi connectivity index (χ0) is 20.4. The molecule has 2 aliphatic heterocycles. The number of hydrogen-bond acceptors (Lipinski definition) is 3. The number of amides is 1. The van der Waals surface area contributed by atoms with E-state index in [4.69, 9.17) is 4.74 Å². The molecule has 0 radical (unpaired) electrons. The summed E-state index contributed by atoms with van der Waals surface area (Å²) >= 11 is 0. The average Bonchev–Trinajstić information content (AvgIpc) is 2.73. The zero-order valence-electron chi connectivity index (χ0n) is 16.6. The van der Waals surface area contributed by atoms with E-state index in [2.05, 4.69) is 0 Å². The molecule has 2 aromatic carbocycles. The van der Waals surface area contributed by atoms with Gasteiger partial charge < -0.3 is 9.64 Å². The molecular formula is C24H26FNO3. The molecule has 2 heterocycles. The van der Waals surface area contributed by atoms with Crippen LogP contribution < -0.4 is 0 Å². The van der Waals surface area contributed by atoms with E-state index in [0.717, 1.165) is 30.4 Å². The largest absolute Gasteiger partial charge is 0.445 e. The Balaban J connectivity index is 1.45. The zero-order valence-corrected chi connectivity index (χ0v) is 16.6. The first-order valence-corrected chi connectivity index (χ1v) is 10.3. The summed E-state index contributed by atoms with van der Waals surface area (Å²) in [6.45, 7) is 2.09. The Kier molecular flexibility index (Phi) is 5.65. The third-order valence-corrected chi connectivity index (χ3v) is 6.23. The maximum Gasteiger partial charge on any atom is 0.410 e. The van der Waals surface area contributed by atoms with E-state index < -0.39 is 0 Å². The van der Waals surface area contributed by atoms with Crippen molar-refractivity contribution in [2.75, 3.05) is 0 Å². The van der Waals surface area contributed by atoms with Crippen LogP contribution >= 0.6 is 0 Å². The average molecular weight is 395 g/mol. The van der Waals surface area contributed by atoms with Crippen molar-refractivity contribution in [2.24, 2.45) is 5.92 Å². The lowest BCUT2D eigenvalue weighted by molar-refractivity contribution is 0.00471. The molecule has 2 aromatic rings. The summed E-state index contributed by atoms with van der Waals surface area (Å²) in [6.07, 6.45) is 3.75. The SMILES string of the molecule is Cc1ccc(F)cc1C(=O)C1CC2CCCC(C1)N2C(=O)OCc1ccccc1. The van der Waals surface area contributed by atoms with Crippen molar-refractivity contribution in [1.29, 1.82) is 0 Å². The molecule has 0 N–H and O–H groups in total. The first-order chi connectivity index (χ1) is 14.0. The number of hydrogen-bond donors (Lipinski definition) is 0. The number of aryl methyl sites for hydroxylation is 1. The van der Waals surface area contributed by atoms with Gasteiger partial charge in [-0.15, -0.1) is 0 Å². The van der Waals surface area contributed by atoms with Crippen molar-refractivity contribution in [3.8, 4) is 0 Å². The molecule has 2 unspecified atom stereocenters. The second-order valence-corrected chi connectivity index (χ2v) is 8.18. The van der Waals surface area contributed by atoms with Crippen molar-refractivity contribution < 1.29 is 18.7 Å². The third kappa shape index (κ3) is 4.19. The topological polar surface area (TPSA) is 46.6 Å². The summed E-state index contributed by atoms with van der Waals surface area (Å²) in [6, 6.07) is 14.0. The number of halogens is 1. The van der Waals surface area contributed by atoms with Gasteiger partial charge in [0.05, 0.1) is 0 Å².